The van der Waals surface area contributed by atoms with Crippen LogP contribution in [0.4, 0.5) is 0 Å². The Morgan fingerprint density at radius 2 is 1.79 bits per heavy atom. The fourth-order valence-corrected chi connectivity index (χ4v) is 2.47. The maximum atomic E-state index is 12.2. The molecule has 0 saturated carbocycles. The van der Waals surface area contributed by atoms with Gasteiger partial charge in [0.1, 0.15) is 17.2 Å². The summed E-state index contributed by atoms with van der Waals surface area (Å²) in [5.74, 6) is 0.0790. The van der Waals surface area contributed by atoms with Gasteiger partial charge in [0.25, 0.3) is 0 Å². The van der Waals surface area contributed by atoms with Gasteiger partial charge in [-0.1, -0.05) is 23.4 Å². The van der Waals surface area contributed by atoms with Gasteiger partial charge in [0.2, 0.25) is 0 Å². The molecule has 0 fully saturated rings. The van der Waals surface area contributed by atoms with Crippen molar-refractivity contribution in [3.05, 3.63) is 65.2 Å². The second-order valence-electron chi connectivity index (χ2n) is 6.71. The van der Waals surface area contributed by atoms with E-state index in [0.29, 0.717) is 22.4 Å². The van der Waals surface area contributed by atoms with E-state index in [4.69, 9.17) is 9.47 Å². The van der Waals surface area contributed by atoms with E-state index < -0.39 is 5.97 Å². The number of nitrogens with zero attached hydrogens (tertiary/aromatic N) is 1. The lowest BCUT2D eigenvalue weighted by atomic mass is 10.1. The zero-order valence-electron chi connectivity index (χ0n) is 16.4. The molecule has 6 heteroatoms. The van der Waals surface area contributed by atoms with Crippen molar-refractivity contribution in [2.24, 2.45) is 5.16 Å². The average molecular weight is 383 g/mol. The molecule has 0 heterocycles. The summed E-state index contributed by atoms with van der Waals surface area (Å²) in [5, 5.41) is 22.5. The number of oxime groups is 1. The number of aromatic hydroxyl groups is 1. The highest BCUT2D eigenvalue weighted by molar-refractivity contribution is 6.12. The van der Waals surface area contributed by atoms with Gasteiger partial charge in [0.15, 0.2) is 0 Å². The Kier molecular flexibility index (Phi) is 7.21. The molecule has 148 valence electrons. The minimum absolute atomic E-state index is 0.00498. The monoisotopic (exact) mass is 383 g/mol. The molecule has 0 aliphatic carbocycles. The van der Waals surface area contributed by atoms with Gasteiger partial charge in [0.05, 0.1) is 17.8 Å². The molecule has 2 aromatic carbocycles. The van der Waals surface area contributed by atoms with E-state index in [-0.39, 0.29) is 23.7 Å². The van der Waals surface area contributed by atoms with E-state index in [1.807, 2.05) is 13.8 Å². The van der Waals surface area contributed by atoms with Crippen molar-refractivity contribution in [1.82, 2.24) is 0 Å². The lowest BCUT2D eigenvalue weighted by Gasteiger charge is -2.14. The molecule has 0 aliphatic heterocycles. The molecule has 0 aromatic heterocycles. The molecule has 0 bridgehead atoms. The number of benzene rings is 2. The van der Waals surface area contributed by atoms with Crippen molar-refractivity contribution < 1.29 is 24.6 Å². The summed E-state index contributed by atoms with van der Waals surface area (Å²) in [4.78, 5) is 12.2. The fourth-order valence-electron chi connectivity index (χ4n) is 2.47. The predicted octanol–water partition coefficient (Wildman–Crippen LogP) is 4.64. The molecule has 2 rings (SSSR count). The molecule has 0 atom stereocenters. The molecule has 0 aliphatic rings. The van der Waals surface area contributed by atoms with Crippen molar-refractivity contribution in [3.63, 3.8) is 0 Å². The van der Waals surface area contributed by atoms with Crippen LogP contribution in [0.1, 0.15) is 49.2 Å². The van der Waals surface area contributed by atoms with E-state index in [0.717, 1.165) is 0 Å². The number of carbonyl (C=O) groups excluding carboxylic acids is 1. The van der Waals surface area contributed by atoms with Crippen molar-refractivity contribution in [1.29, 1.82) is 0 Å². The van der Waals surface area contributed by atoms with Gasteiger partial charge in [-0.3, -0.25) is 0 Å². The van der Waals surface area contributed by atoms with Crippen molar-refractivity contribution in [2.75, 3.05) is 0 Å². The zero-order valence-corrected chi connectivity index (χ0v) is 16.4. The van der Waals surface area contributed by atoms with E-state index >= 15 is 0 Å². The minimum atomic E-state index is -0.425. The van der Waals surface area contributed by atoms with Gasteiger partial charge in [0, 0.05) is 11.1 Å². The lowest BCUT2D eigenvalue weighted by molar-refractivity contribution is 0.0377. The van der Waals surface area contributed by atoms with E-state index in [1.165, 1.54) is 6.07 Å². The third kappa shape index (κ3) is 5.61. The zero-order chi connectivity index (χ0) is 20.7. The molecular formula is C22H25NO5. The molecule has 0 unspecified atom stereocenters. The highest BCUT2D eigenvalue weighted by atomic mass is 16.5. The van der Waals surface area contributed by atoms with Crippen LogP contribution in [-0.2, 0) is 4.74 Å². The quantitative estimate of drug-likeness (QED) is 0.315. The topological polar surface area (TPSA) is 88.4 Å². The van der Waals surface area contributed by atoms with Crippen molar-refractivity contribution in [3.8, 4) is 11.5 Å². The Bertz CT molecular complexity index is 884. The summed E-state index contributed by atoms with van der Waals surface area (Å²) in [6.07, 6.45) is 2.93. The summed E-state index contributed by atoms with van der Waals surface area (Å²) in [5.41, 5.74) is 1.66. The second-order valence-corrected chi connectivity index (χ2v) is 6.71. The number of phenolic OH excluding ortho intramolecular Hbond substituents is 1. The van der Waals surface area contributed by atoms with Gasteiger partial charge in [-0.05, 0) is 64.1 Å². The summed E-state index contributed by atoms with van der Waals surface area (Å²) in [6, 6.07) is 11.6. The molecule has 28 heavy (non-hydrogen) atoms. The average Bonchev–Trinajstić information content (AvgIpc) is 2.63. The van der Waals surface area contributed by atoms with Crippen molar-refractivity contribution >= 4 is 17.8 Å². The number of ether oxygens (including phenoxy) is 2. The van der Waals surface area contributed by atoms with Crippen LogP contribution >= 0.6 is 0 Å². The Labute approximate surface area is 164 Å². The lowest BCUT2D eigenvalue weighted by Crippen LogP contribution is -2.13. The van der Waals surface area contributed by atoms with Crippen LogP contribution in [0, 0.1) is 0 Å². The Morgan fingerprint density at radius 1 is 1.07 bits per heavy atom. The molecule has 6 nitrogen and oxygen atoms in total. The van der Waals surface area contributed by atoms with Crippen LogP contribution in [0.15, 0.2) is 53.7 Å². The van der Waals surface area contributed by atoms with Gasteiger partial charge in [-0.2, -0.15) is 0 Å². The molecule has 0 amide bonds. The fraction of sp³-hybridized carbons (Fsp3) is 0.273. The maximum absolute atomic E-state index is 12.2. The number of hydrogen-bond acceptors (Lipinski definition) is 6. The number of esters is 1. The van der Waals surface area contributed by atoms with E-state index in [9.17, 15) is 15.1 Å². The normalized spacial score (nSPS) is 12.0. The van der Waals surface area contributed by atoms with Crippen LogP contribution < -0.4 is 4.74 Å². The first kappa shape index (κ1) is 21.0. The first-order valence-electron chi connectivity index (χ1n) is 9.02. The number of hydrogen-bond donors (Lipinski definition) is 2. The van der Waals surface area contributed by atoms with Crippen LogP contribution in [-0.4, -0.2) is 34.2 Å². The van der Waals surface area contributed by atoms with Gasteiger partial charge in [-0.25, -0.2) is 4.79 Å². The third-order valence-corrected chi connectivity index (χ3v) is 3.66. The number of rotatable bonds is 7. The molecule has 0 saturated heterocycles. The molecule has 2 N–H and O–H groups in total. The van der Waals surface area contributed by atoms with Crippen LogP contribution in [0.3, 0.4) is 0 Å². The number of allylic oxidation sites excluding steroid dienone is 1. The maximum Gasteiger partial charge on any atom is 0.338 e. The summed E-state index contributed by atoms with van der Waals surface area (Å²) in [7, 11) is 0. The molecule has 0 radical (unpaired) electrons. The van der Waals surface area contributed by atoms with Gasteiger partial charge < -0.3 is 19.8 Å². The Balaban J connectivity index is 2.36. The predicted molar refractivity (Wildman–Crippen MR) is 108 cm³/mol. The minimum Gasteiger partial charge on any atom is -0.507 e. The SMILES string of the molecule is CC(C)OC(=O)c1ccc(/C=C/C(=N\O)c2ccccc2O)c(OC(C)C)c1. The first-order valence-corrected chi connectivity index (χ1v) is 9.02. The summed E-state index contributed by atoms with van der Waals surface area (Å²) >= 11 is 0. The van der Waals surface area contributed by atoms with Gasteiger partial charge in [-0.15, -0.1) is 0 Å². The van der Waals surface area contributed by atoms with Gasteiger partial charge >= 0.3 is 5.97 Å². The van der Waals surface area contributed by atoms with Crippen LogP contribution in [0.25, 0.3) is 6.08 Å². The summed E-state index contributed by atoms with van der Waals surface area (Å²) in [6.45, 7) is 7.34. The number of para-hydroxylation sites is 1. The Morgan fingerprint density at radius 3 is 2.39 bits per heavy atom. The first-order chi connectivity index (χ1) is 13.3. The third-order valence-electron chi connectivity index (χ3n) is 3.66. The standard InChI is InChI=1S/C22H25NO5/c1-14(2)27-21-13-17(22(25)28-15(3)4)10-9-16(21)11-12-19(23-26)18-7-5-6-8-20(18)24/h5-15,24,26H,1-4H3/b12-11+,23-19+. The van der Waals surface area contributed by atoms with E-state index in [1.54, 1.807) is 62.4 Å². The number of phenols is 1. The molecule has 0 spiro atoms. The van der Waals surface area contributed by atoms with Crippen molar-refractivity contribution in [2.45, 2.75) is 39.9 Å². The number of carbonyl (C=O) groups is 1. The molecule has 2 aromatic rings. The Hall–Kier alpha value is -3.28. The smallest absolute Gasteiger partial charge is 0.338 e. The van der Waals surface area contributed by atoms with Crippen LogP contribution in [0.2, 0.25) is 0 Å². The highest BCUT2D eigenvalue weighted by Gasteiger charge is 2.14. The van der Waals surface area contributed by atoms with Crippen LogP contribution in [0.5, 0.6) is 11.5 Å². The highest BCUT2D eigenvalue weighted by Crippen LogP contribution is 2.25. The largest absolute Gasteiger partial charge is 0.507 e. The second kappa shape index (κ2) is 9.60. The molecular weight excluding hydrogens is 358 g/mol. The van der Waals surface area contributed by atoms with E-state index in [2.05, 4.69) is 5.16 Å². The summed E-state index contributed by atoms with van der Waals surface area (Å²) < 4.78 is 11.1.